The molecule has 16 heteroatoms. The number of aromatic nitrogens is 2. The number of carbonyl (C=O) groups excluding carboxylic acids is 5. The first-order chi connectivity index (χ1) is 24.1. The van der Waals surface area contributed by atoms with Crippen LogP contribution in [0.2, 0.25) is 13.1 Å². The monoisotopic (exact) mass is 751 g/mol. The molecule has 3 amide bonds. The van der Waals surface area contributed by atoms with Crippen molar-refractivity contribution in [2.24, 2.45) is 22.7 Å². The molecule has 1 rings (SSSR count). The number of H-pyrrole nitrogens is 1. The number of hydrogen-bond acceptors (Lipinski definition) is 11. The van der Waals surface area contributed by atoms with Gasteiger partial charge in [-0.2, -0.15) is 0 Å². The molecule has 2 unspecified atom stereocenters. The van der Waals surface area contributed by atoms with Crippen LogP contribution in [-0.4, -0.2) is 74.9 Å². The fourth-order valence-electron chi connectivity index (χ4n) is 5.97. The Morgan fingerprint density at radius 3 is 2.13 bits per heavy atom. The summed E-state index contributed by atoms with van der Waals surface area (Å²) in [6, 6.07) is 0.878. The number of aryl methyl sites for hydroxylation is 1. The van der Waals surface area contributed by atoms with E-state index >= 15 is 0 Å². The van der Waals surface area contributed by atoms with Crippen LogP contribution in [0.1, 0.15) is 98.6 Å². The van der Waals surface area contributed by atoms with Gasteiger partial charge in [0.2, 0.25) is 5.95 Å². The molecule has 0 aliphatic heterocycles. The SMILES string of the molecule is C=CC(=O)OCCOC(=O)NCC(C)(C)CC(C)CCCC(=O)O[Si](C)(C)OC(=O)CCCC(C)(C)CC(C)CNC(=O)Nc1nc(C)cc(=O)[nH]1. The number of urea groups is 1. The largest absolute Gasteiger partial charge is 0.485 e. The number of carbonyl (C=O) groups is 5. The van der Waals surface area contributed by atoms with E-state index in [0.29, 0.717) is 31.6 Å². The van der Waals surface area contributed by atoms with E-state index in [1.54, 1.807) is 20.0 Å². The lowest BCUT2D eigenvalue weighted by atomic mass is 9.79. The van der Waals surface area contributed by atoms with Crippen LogP contribution in [0.15, 0.2) is 23.5 Å². The van der Waals surface area contributed by atoms with Crippen molar-refractivity contribution in [3.8, 4) is 0 Å². The van der Waals surface area contributed by atoms with E-state index in [9.17, 15) is 28.8 Å². The third-order valence-corrected chi connectivity index (χ3v) is 9.42. The number of nitrogens with one attached hydrogen (secondary N) is 4. The maximum absolute atomic E-state index is 12.6. The van der Waals surface area contributed by atoms with E-state index in [4.69, 9.17) is 18.3 Å². The van der Waals surface area contributed by atoms with Crippen molar-refractivity contribution < 1.29 is 42.3 Å². The number of aromatic amines is 1. The first kappa shape index (κ1) is 45.8. The molecule has 0 aliphatic rings. The van der Waals surface area contributed by atoms with Gasteiger partial charge in [-0.25, -0.2) is 19.4 Å². The Kier molecular flexibility index (Phi) is 19.4. The van der Waals surface area contributed by atoms with Crippen LogP contribution in [0.3, 0.4) is 0 Å². The summed E-state index contributed by atoms with van der Waals surface area (Å²) in [7, 11) is -3.01. The quantitative estimate of drug-likeness (QED) is 0.0449. The molecule has 1 aromatic heterocycles. The van der Waals surface area contributed by atoms with Crippen LogP contribution < -0.4 is 21.5 Å². The smallest absolute Gasteiger partial charge is 0.457 e. The fraction of sp³-hybridized carbons (Fsp3) is 0.694. The fourth-order valence-corrected chi connectivity index (χ4v) is 7.31. The summed E-state index contributed by atoms with van der Waals surface area (Å²) in [6.45, 7) is 21.5. The zero-order valence-electron chi connectivity index (χ0n) is 32.5. The molecule has 15 nitrogen and oxygen atoms in total. The van der Waals surface area contributed by atoms with Crippen molar-refractivity contribution in [3.63, 3.8) is 0 Å². The summed E-state index contributed by atoms with van der Waals surface area (Å²) in [5, 5.41) is 8.07. The number of amides is 3. The van der Waals surface area contributed by atoms with Gasteiger partial charge < -0.3 is 29.0 Å². The highest BCUT2D eigenvalue weighted by Gasteiger charge is 2.33. The Balaban J connectivity index is 2.30. The number of anilines is 1. The highest BCUT2D eigenvalue weighted by molar-refractivity contribution is 6.67. The molecule has 0 fully saturated rings. The minimum Gasteiger partial charge on any atom is -0.485 e. The minimum atomic E-state index is -3.01. The predicted molar refractivity (Wildman–Crippen MR) is 200 cm³/mol. The minimum absolute atomic E-state index is 0.0477. The van der Waals surface area contributed by atoms with Gasteiger partial charge in [0.25, 0.3) is 17.5 Å². The third kappa shape index (κ3) is 21.9. The molecule has 0 saturated heterocycles. The van der Waals surface area contributed by atoms with Gasteiger partial charge in [-0.1, -0.05) is 54.5 Å². The van der Waals surface area contributed by atoms with E-state index in [1.165, 1.54) is 6.07 Å². The van der Waals surface area contributed by atoms with Gasteiger partial charge in [-0.3, -0.25) is 24.7 Å². The summed E-state index contributed by atoms with van der Waals surface area (Å²) >= 11 is 0. The normalized spacial score (nSPS) is 12.9. The molecular formula is C36H61N5O10Si. The molecule has 0 saturated carbocycles. The molecule has 1 heterocycles. The number of esters is 1. The lowest BCUT2D eigenvalue weighted by molar-refractivity contribution is -0.142. The standard InChI is InChI=1S/C36H61N5O10Si/c1-11-29(43)48-18-19-49-34(47)38-24-36(7,8)21-25(2)14-12-15-30(44)50-52(9,10)51-31(45)16-13-17-35(5,6)22-26(3)23-37-33(46)41-32-39-27(4)20-28(42)40-32/h11,20,25-26H,1,12-19,21-24H2,2-10H3,(H,38,47)(H3,37,39,40,41,42,46). The second-order valence-electron chi connectivity index (χ2n) is 15.5. The Morgan fingerprint density at radius 2 is 1.52 bits per heavy atom. The number of nitrogens with zero attached hydrogens (tertiary/aromatic N) is 1. The second kappa shape index (κ2) is 22.0. The van der Waals surface area contributed by atoms with Crippen molar-refractivity contribution in [1.82, 2.24) is 20.6 Å². The second-order valence-corrected chi connectivity index (χ2v) is 18.7. The number of rotatable bonds is 23. The van der Waals surface area contributed by atoms with Gasteiger partial charge in [0.05, 0.1) is 0 Å². The van der Waals surface area contributed by atoms with Gasteiger partial charge in [0, 0.05) is 56.9 Å². The van der Waals surface area contributed by atoms with Crippen LogP contribution in [0.25, 0.3) is 0 Å². The van der Waals surface area contributed by atoms with Gasteiger partial charge in [0.15, 0.2) is 0 Å². The molecule has 294 valence electrons. The molecule has 2 atom stereocenters. The van der Waals surface area contributed by atoms with E-state index < -0.39 is 26.7 Å². The molecule has 0 spiro atoms. The summed E-state index contributed by atoms with van der Waals surface area (Å²) in [5.41, 5.74) is -0.162. The zero-order valence-corrected chi connectivity index (χ0v) is 33.5. The average Bonchev–Trinajstić information content (AvgIpc) is 2.99. The Hall–Kier alpha value is -4.21. The number of hydrogen-bond donors (Lipinski definition) is 4. The van der Waals surface area contributed by atoms with Gasteiger partial charge >= 0.3 is 26.7 Å². The topological polar surface area (TPSA) is 204 Å². The maximum atomic E-state index is 12.6. The van der Waals surface area contributed by atoms with Crippen molar-refractivity contribution in [3.05, 3.63) is 34.8 Å². The van der Waals surface area contributed by atoms with Gasteiger partial charge in [-0.15, -0.1) is 0 Å². The summed E-state index contributed by atoms with van der Waals surface area (Å²) in [5.74, 6) is -0.844. The van der Waals surface area contributed by atoms with Crippen LogP contribution in [-0.2, 0) is 32.7 Å². The third-order valence-electron chi connectivity index (χ3n) is 7.99. The number of alkyl carbamates (subject to hydrolysis) is 1. The molecule has 0 bridgehead atoms. The van der Waals surface area contributed by atoms with Gasteiger partial charge in [-0.05, 0) is 61.7 Å². The van der Waals surface area contributed by atoms with Crippen molar-refractivity contribution in [1.29, 1.82) is 0 Å². The van der Waals surface area contributed by atoms with Crippen molar-refractivity contribution >= 4 is 44.5 Å². The zero-order chi connectivity index (χ0) is 39.5. The van der Waals surface area contributed by atoms with Crippen LogP contribution >= 0.6 is 0 Å². The van der Waals surface area contributed by atoms with Gasteiger partial charge in [0.1, 0.15) is 13.2 Å². The lowest BCUT2D eigenvalue weighted by Crippen LogP contribution is -2.39. The Labute approximate surface area is 309 Å². The maximum Gasteiger partial charge on any atom is 0.457 e. The summed E-state index contributed by atoms with van der Waals surface area (Å²) in [4.78, 5) is 78.6. The molecule has 1 aromatic rings. The molecule has 0 aliphatic carbocycles. The lowest BCUT2D eigenvalue weighted by Gasteiger charge is -2.28. The molecule has 0 aromatic carbocycles. The first-order valence-electron chi connectivity index (χ1n) is 17.9. The summed E-state index contributed by atoms with van der Waals surface area (Å²) in [6.07, 6.45) is 5.24. The molecule has 0 radical (unpaired) electrons. The highest BCUT2D eigenvalue weighted by atomic mass is 28.4. The van der Waals surface area contributed by atoms with Crippen molar-refractivity contribution in [2.45, 2.75) is 113 Å². The Bertz CT molecular complexity index is 1410. The van der Waals surface area contributed by atoms with Crippen molar-refractivity contribution in [2.75, 3.05) is 31.6 Å². The van der Waals surface area contributed by atoms with Crippen LogP contribution in [0.5, 0.6) is 0 Å². The molecule has 4 N–H and O–H groups in total. The average molecular weight is 752 g/mol. The highest BCUT2D eigenvalue weighted by Crippen LogP contribution is 2.31. The predicted octanol–water partition coefficient (Wildman–Crippen LogP) is 5.89. The number of ether oxygens (including phenoxy) is 2. The Morgan fingerprint density at radius 1 is 0.923 bits per heavy atom. The molecular weight excluding hydrogens is 691 g/mol. The van der Waals surface area contributed by atoms with E-state index in [-0.39, 0.29) is 72.2 Å². The van der Waals surface area contributed by atoms with E-state index in [1.807, 2.05) is 20.8 Å². The van der Waals surface area contributed by atoms with Crippen LogP contribution in [0.4, 0.5) is 15.5 Å². The first-order valence-corrected chi connectivity index (χ1v) is 20.7. The summed E-state index contributed by atoms with van der Waals surface area (Å²) < 4.78 is 21.0. The van der Waals surface area contributed by atoms with Crippen LogP contribution in [0, 0.1) is 29.6 Å². The van der Waals surface area contributed by atoms with E-state index in [0.717, 1.165) is 31.8 Å². The van der Waals surface area contributed by atoms with E-state index in [2.05, 4.69) is 53.3 Å². The molecule has 52 heavy (non-hydrogen) atoms.